The number of piperidine rings is 1. The normalized spacial score (nSPS) is 16.3. The van der Waals surface area contributed by atoms with Crippen molar-refractivity contribution < 1.29 is 18.7 Å². The molecule has 6 nitrogen and oxygen atoms in total. The molecule has 1 aliphatic rings. The van der Waals surface area contributed by atoms with E-state index < -0.39 is 5.63 Å². The molecule has 3 aromatic rings. The lowest BCUT2D eigenvalue weighted by Crippen LogP contribution is -2.45. The third-order valence-electron chi connectivity index (χ3n) is 5.97. The topological polar surface area (TPSA) is 69.0 Å². The largest absolute Gasteiger partial charge is 0.493 e. The van der Waals surface area contributed by atoms with Crippen LogP contribution in [0, 0.1) is 0 Å². The maximum Gasteiger partial charge on any atom is 0.349 e. The van der Waals surface area contributed by atoms with Crippen LogP contribution < -0.4 is 15.1 Å². The van der Waals surface area contributed by atoms with Crippen molar-refractivity contribution in [2.24, 2.45) is 0 Å². The van der Waals surface area contributed by atoms with Crippen LogP contribution in [-0.2, 0) is 6.42 Å². The molecule has 1 fully saturated rings. The van der Waals surface area contributed by atoms with E-state index in [1.807, 2.05) is 41.3 Å². The van der Waals surface area contributed by atoms with Crippen LogP contribution in [0.2, 0.25) is 0 Å². The highest BCUT2D eigenvalue weighted by Gasteiger charge is 2.29. The van der Waals surface area contributed by atoms with Crippen LogP contribution in [0.4, 0.5) is 0 Å². The minimum Gasteiger partial charge on any atom is -0.493 e. The zero-order valence-electron chi connectivity index (χ0n) is 17.9. The number of hydrogen-bond acceptors (Lipinski definition) is 5. The number of nitrogens with zero attached hydrogens (tertiary/aromatic N) is 1. The number of amides is 1. The number of ether oxygens (including phenoxy) is 2. The lowest BCUT2D eigenvalue weighted by Gasteiger charge is -2.35. The molecule has 0 bridgehead atoms. The first kappa shape index (κ1) is 21.0. The highest BCUT2D eigenvalue weighted by molar-refractivity contribution is 5.96. The molecule has 1 amide bonds. The van der Waals surface area contributed by atoms with Crippen molar-refractivity contribution in [2.45, 2.75) is 38.1 Å². The third-order valence-corrected chi connectivity index (χ3v) is 5.97. The number of rotatable bonds is 6. The minimum absolute atomic E-state index is 0.0835. The average Bonchev–Trinajstić information content (AvgIpc) is 2.81. The molecule has 162 valence electrons. The number of carbonyl (C=O) groups is 1. The Morgan fingerprint density at radius 2 is 1.87 bits per heavy atom. The molecule has 0 N–H and O–H groups in total. The summed E-state index contributed by atoms with van der Waals surface area (Å²) >= 11 is 0. The molecule has 2 aromatic carbocycles. The molecule has 6 heteroatoms. The minimum atomic E-state index is -0.576. The van der Waals surface area contributed by atoms with E-state index in [0.29, 0.717) is 23.6 Å². The van der Waals surface area contributed by atoms with Gasteiger partial charge in [0.05, 0.1) is 14.2 Å². The van der Waals surface area contributed by atoms with E-state index in [1.54, 1.807) is 26.4 Å². The van der Waals surface area contributed by atoms with E-state index in [9.17, 15) is 9.59 Å². The summed E-state index contributed by atoms with van der Waals surface area (Å²) in [5, 5.41) is 0.754. The zero-order chi connectivity index (χ0) is 21.8. The molecule has 1 aromatic heterocycles. The number of benzene rings is 2. The molecular formula is C25H27NO5. The first-order valence-corrected chi connectivity index (χ1v) is 10.7. The van der Waals surface area contributed by atoms with Gasteiger partial charge in [0.1, 0.15) is 11.1 Å². The van der Waals surface area contributed by atoms with Crippen molar-refractivity contribution in [3.63, 3.8) is 0 Å². The first-order chi connectivity index (χ1) is 15.1. The van der Waals surface area contributed by atoms with Crippen molar-refractivity contribution in [2.75, 3.05) is 20.8 Å². The van der Waals surface area contributed by atoms with E-state index in [0.717, 1.165) is 43.1 Å². The Labute approximate surface area is 181 Å². The Morgan fingerprint density at radius 1 is 1.06 bits per heavy atom. The Balaban J connectivity index is 1.53. The Hall–Kier alpha value is -3.28. The highest BCUT2D eigenvalue weighted by Crippen LogP contribution is 2.29. The number of aryl methyl sites for hydroxylation is 1. The zero-order valence-corrected chi connectivity index (χ0v) is 17.9. The number of carbonyl (C=O) groups excluding carboxylic acids is 1. The summed E-state index contributed by atoms with van der Waals surface area (Å²) in [5.41, 5.74) is 1.15. The molecule has 0 saturated carbocycles. The molecule has 1 unspecified atom stereocenters. The number of hydrogen-bond donors (Lipinski definition) is 0. The number of likely N-dealkylation sites (tertiary alicyclic amines) is 1. The van der Waals surface area contributed by atoms with Gasteiger partial charge in [-0.3, -0.25) is 4.79 Å². The van der Waals surface area contributed by atoms with Gasteiger partial charge in [0.25, 0.3) is 5.91 Å². The van der Waals surface area contributed by atoms with Crippen LogP contribution in [0.3, 0.4) is 0 Å². The van der Waals surface area contributed by atoms with E-state index in [1.165, 1.54) is 0 Å². The summed E-state index contributed by atoms with van der Waals surface area (Å²) in [7, 11) is 3.24. The van der Waals surface area contributed by atoms with Crippen LogP contribution in [0.1, 0.15) is 41.6 Å². The van der Waals surface area contributed by atoms with E-state index in [4.69, 9.17) is 13.9 Å². The average molecular weight is 421 g/mol. The van der Waals surface area contributed by atoms with E-state index in [-0.39, 0.29) is 17.5 Å². The fourth-order valence-electron chi connectivity index (χ4n) is 4.30. The number of para-hydroxylation sites is 1. The Morgan fingerprint density at radius 3 is 2.68 bits per heavy atom. The van der Waals surface area contributed by atoms with Crippen LogP contribution in [0.5, 0.6) is 11.5 Å². The SMILES string of the molecule is COc1ccc(CCC2CCCCN2C(=O)c2cc3ccccc3oc2=O)cc1OC. The predicted octanol–water partition coefficient (Wildman–Crippen LogP) is 4.44. The van der Waals surface area contributed by atoms with Gasteiger partial charge in [-0.2, -0.15) is 0 Å². The second-order valence-electron chi connectivity index (χ2n) is 7.86. The fourth-order valence-corrected chi connectivity index (χ4v) is 4.30. The molecule has 31 heavy (non-hydrogen) atoms. The Kier molecular flexibility index (Phi) is 6.26. The lowest BCUT2D eigenvalue weighted by atomic mass is 9.95. The smallest absolute Gasteiger partial charge is 0.349 e. The van der Waals surface area contributed by atoms with Gasteiger partial charge in [0.15, 0.2) is 11.5 Å². The van der Waals surface area contributed by atoms with Crippen molar-refractivity contribution in [3.05, 3.63) is 70.1 Å². The van der Waals surface area contributed by atoms with Crippen molar-refractivity contribution in [1.29, 1.82) is 0 Å². The predicted molar refractivity (Wildman–Crippen MR) is 119 cm³/mol. The number of fused-ring (bicyclic) bond motifs is 1. The summed E-state index contributed by atoms with van der Waals surface area (Å²) in [6.07, 6.45) is 4.57. The molecule has 1 aliphatic heterocycles. The second-order valence-corrected chi connectivity index (χ2v) is 7.86. The fraction of sp³-hybridized carbons (Fsp3) is 0.360. The van der Waals surface area contributed by atoms with Gasteiger partial charge in [-0.05, 0) is 61.9 Å². The van der Waals surface area contributed by atoms with Crippen LogP contribution in [0.25, 0.3) is 11.0 Å². The quantitative estimate of drug-likeness (QED) is 0.551. The standard InChI is InChI=1S/C25H27NO5/c1-29-22-13-11-17(15-23(22)30-2)10-12-19-8-5-6-14-26(19)24(27)20-16-18-7-3-4-9-21(18)31-25(20)28/h3-4,7,9,11,13,15-16,19H,5-6,8,10,12,14H2,1-2H3. The van der Waals surface area contributed by atoms with Crippen LogP contribution in [0.15, 0.2) is 57.7 Å². The maximum atomic E-state index is 13.3. The van der Waals surface area contributed by atoms with Gasteiger partial charge in [-0.25, -0.2) is 4.79 Å². The van der Waals surface area contributed by atoms with Gasteiger partial charge in [-0.15, -0.1) is 0 Å². The van der Waals surface area contributed by atoms with Gasteiger partial charge < -0.3 is 18.8 Å². The molecule has 1 saturated heterocycles. The summed E-state index contributed by atoms with van der Waals surface area (Å²) in [5.74, 6) is 1.16. The van der Waals surface area contributed by atoms with Crippen LogP contribution in [-0.4, -0.2) is 37.6 Å². The maximum absolute atomic E-state index is 13.3. The molecule has 4 rings (SSSR count). The molecule has 2 heterocycles. The summed E-state index contributed by atoms with van der Waals surface area (Å²) in [6.45, 7) is 0.654. The summed E-state index contributed by atoms with van der Waals surface area (Å²) < 4.78 is 16.1. The van der Waals surface area contributed by atoms with Crippen molar-refractivity contribution >= 4 is 16.9 Å². The van der Waals surface area contributed by atoms with Crippen LogP contribution >= 0.6 is 0 Å². The molecule has 0 aliphatic carbocycles. The number of methoxy groups -OCH3 is 2. The molecule has 1 atom stereocenters. The molecule has 0 radical (unpaired) electrons. The monoisotopic (exact) mass is 421 g/mol. The van der Waals surface area contributed by atoms with Gasteiger partial charge in [-0.1, -0.05) is 24.3 Å². The van der Waals surface area contributed by atoms with Crippen molar-refractivity contribution in [3.8, 4) is 11.5 Å². The van der Waals surface area contributed by atoms with E-state index >= 15 is 0 Å². The molecular weight excluding hydrogens is 394 g/mol. The summed E-state index contributed by atoms with van der Waals surface area (Å²) in [4.78, 5) is 27.6. The molecule has 0 spiro atoms. The van der Waals surface area contributed by atoms with E-state index in [2.05, 4.69) is 0 Å². The first-order valence-electron chi connectivity index (χ1n) is 10.7. The lowest BCUT2D eigenvalue weighted by molar-refractivity contribution is 0.0598. The summed E-state index contributed by atoms with van der Waals surface area (Å²) in [6, 6.07) is 14.9. The van der Waals surface area contributed by atoms with Crippen molar-refractivity contribution in [1.82, 2.24) is 4.90 Å². The van der Waals surface area contributed by atoms with Gasteiger partial charge in [0.2, 0.25) is 0 Å². The Bertz CT molecular complexity index is 1140. The third kappa shape index (κ3) is 4.43. The second kappa shape index (κ2) is 9.25. The van der Waals surface area contributed by atoms with Gasteiger partial charge >= 0.3 is 5.63 Å². The van der Waals surface area contributed by atoms with Gasteiger partial charge in [0, 0.05) is 18.0 Å². The highest BCUT2D eigenvalue weighted by atomic mass is 16.5.